The maximum absolute atomic E-state index is 12.9. The van der Waals surface area contributed by atoms with Crippen LogP contribution in [0.25, 0.3) is 0 Å². The zero-order valence-corrected chi connectivity index (χ0v) is 52.4. The highest BCUT2D eigenvalue weighted by Crippen LogP contribution is 2.12. The van der Waals surface area contributed by atoms with Gasteiger partial charge in [0.05, 0.1) is 6.42 Å². The van der Waals surface area contributed by atoms with Crippen LogP contribution in [0.2, 0.25) is 0 Å². The average Bonchev–Trinajstić information content (AvgIpc) is 3.49. The van der Waals surface area contributed by atoms with Crippen LogP contribution in [0.3, 0.4) is 0 Å². The molecular weight excluding hydrogens is 1020 g/mol. The second kappa shape index (κ2) is 68.2. The van der Waals surface area contributed by atoms with E-state index in [4.69, 9.17) is 14.2 Å². The molecule has 1 atom stereocenters. The van der Waals surface area contributed by atoms with Gasteiger partial charge in [-0.1, -0.05) is 272 Å². The summed E-state index contributed by atoms with van der Waals surface area (Å²) in [6.45, 7) is 6.15. The lowest BCUT2D eigenvalue weighted by Crippen LogP contribution is -2.30. The third-order valence-corrected chi connectivity index (χ3v) is 12.5. The summed E-state index contributed by atoms with van der Waals surface area (Å²) in [6, 6.07) is 0. The number of allylic oxidation sites excluding steroid dienone is 35. The van der Waals surface area contributed by atoms with Crippen LogP contribution in [-0.4, -0.2) is 37.2 Å². The lowest BCUT2D eigenvalue weighted by atomic mass is 10.1. The van der Waals surface area contributed by atoms with Crippen LogP contribution >= 0.6 is 0 Å². The van der Waals surface area contributed by atoms with Crippen LogP contribution in [0.15, 0.2) is 219 Å². The molecule has 0 aromatic carbocycles. The van der Waals surface area contributed by atoms with Crippen molar-refractivity contribution in [2.75, 3.05) is 13.2 Å². The number of unbranched alkanes of at least 4 members (excludes halogenated alkanes) is 9. The fourth-order valence-corrected chi connectivity index (χ4v) is 7.79. The molecule has 0 spiro atoms. The van der Waals surface area contributed by atoms with E-state index in [0.29, 0.717) is 12.8 Å². The summed E-state index contributed by atoms with van der Waals surface area (Å²) < 4.78 is 16.8. The van der Waals surface area contributed by atoms with Gasteiger partial charge in [-0.15, -0.1) is 0 Å². The van der Waals surface area contributed by atoms with E-state index in [-0.39, 0.29) is 44.4 Å². The van der Waals surface area contributed by atoms with Crippen molar-refractivity contribution in [3.63, 3.8) is 0 Å². The van der Waals surface area contributed by atoms with Gasteiger partial charge in [0, 0.05) is 12.8 Å². The van der Waals surface area contributed by atoms with Crippen LogP contribution in [0.4, 0.5) is 0 Å². The molecule has 0 heterocycles. The van der Waals surface area contributed by atoms with Gasteiger partial charge >= 0.3 is 17.9 Å². The lowest BCUT2D eigenvalue weighted by Gasteiger charge is -2.18. The zero-order chi connectivity index (χ0) is 59.9. The Morgan fingerprint density at radius 2 is 0.482 bits per heavy atom. The summed E-state index contributed by atoms with van der Waals surface area (Å²) in [5.74, 6) is -1.14. The van der Waals surface area contributed by atoms with Gasteiger partial charge in [-0.25, -0.2) is 0 Å². The van der Waals surface area contributed by atoms with Crippen molar-refractivity contribution in [3.8, 4) is 0 Å². The van der Waals surface area contributed by atoms with Crippen molar-refractivity contribution in [3.05, 3.63) is 219 Å². The van der Waals surface area contributed by atoms with Crippen molar-refractivity contribution in [1.82, 2.24) is 0 Å². The van der Waals surface area contributed by atoms with Crippen molar-refractivity contribution >= 4 is 17.9 Å². The molecule has 0 aromatic rings. The third-order valence-electron chi connectivity index (χ3n) is 12.5. The zero-order valence-electron chi connectivity index (χ0n) is 52.4. The molecule has 0 saturated heterocycles. The van der Waals surface area contributed by atoms with Gasteiger partial charge < -0.3 is 14.2 Å². The fraction of sp³-hybridized carbons (Fsp3) is 0.494. The second-order valence-corrected chi connectivity index (χ2v) is 20.2. The highest BCUT2D eigenvalue weighted by Gasteiger charge is 2.19. The highest BCUT2D eigenvalue weighted by atomic mass is 16.6. The molecule has 0 saturated carbocycles. The van der Waals surface area contributed by atoms with Crippen LogP contribution in [0.5, 0.6) is 0 Å². The first-order valence-corrected chi connectivity index (χ1v) is 32.2. The summed E-state index contributed by atoms with van der Waals surface area (Å²) >= 11 is 0. The van der Waals surface area contributed by atoms with Crippen LogP contribution in [-0.2, 0) is 28.6 Å². The van der Waals surface area contributed by atoms with Gasteiger partial charge in [-0.2, -0.15) is 0 Å². The van der Waals surface area contributed by atoms with Crippen LogP contribution < -0.4 is 0 Å². The highest BCUT2D eigenvalue weighted by molar-refractivity contribution is 5.72. The largest absolute Gasteiger partial charge is 0.462 e. The maximum atomic E-state index is 12.9. The Bertz CT molecular complexity index is 2080. The Kier molecular flexibility index (Phi) is 63.1. The summed E-state index contributed by atoms with van der Waals surface area (Å²) in [4.78, 5) is 38.3. The number of carbonyl (C=O) groups excluding carboxylic acids is 3. The first-order valence-electron chi connectivity index (χ1n) is 32.2. The number of esters is 3. The SMILES string of the molecule is CC/C=C\C/C=C\C/C=C\C/C=C\C/C=C\C/C=C\C/C=C\C/C=C\C/C=C\CCCCCC(=O)OCC(COC(=O)C/C=C\C/C=C\C/C=C\C/C=C\C/C=C\CC)OC(=O)CCCCCCCC/C=C\C/C=C\C/C=C\C/C=C\CC. The number of rotatable bonds is 55. The van der Waals surface area contributed by atoms with Gasteiger partial charge in [0.2, 0.25) is 0 Å². The molecule has 458 valence electrons. The monoisotopic (exact) mass is 1130 g/mol. The molecule has 0 rings (SSSR count). The molecule has 0 aliphatic heterocycles. The van der Waals surface area contributed by atoms with E-state index in [0.717, 1.165) is 161 Å². The standard InChI is InChI=1S/C77H114O6/c1-4-7-10-13-16-19-22-25-28-30-32-33-34-35-36-37-38-39-40-41-42-43-45-46-49-52-55-58-61-64-67-70-76(79)82-73-74(72-81-75(78)69-66-63-60-57-54-51-48-27-24-21-18-15-12-9-6-3)83-77(80)71-68-65-62-59-56-53-50-47-44-31-29-26-23-20-17-14-11-8-5-2/h7-12,16-21,25-29,32-33,35-36,38-39,41-42,44-48,52,54-55,57,63,66,74H,4-6,13-15,22-24,30-31,34,37,40,43,49-51,53,56,58-62,64-65,67-73H2,1-3H3/b10-7-,11-8-,12-9-,19-16-,20-17-,21-18-,28-25-,29-26-,33-32-,36-35-,39-38-,42-41-,46-45-,47-44-,48-27-,55-52-,57-54-,66-63-. The first kappa shape index (κ1) is 76.7. The summed E-state index contributed by atoms with van der Waals surface area (Å²) in [6.07, 6.45) is 107. The molecule has 0 fully saturated rings. The van der Waals surface area contributed by atoms with E-state index in [1.54, 1.807) is 6.08 Å². The molecule has 0 N–H and O–H groups in total. The maximum Gasteiger partial charge on any atom is 0.309 e. The number of hydrogen-bond acceptors (Lipinski definition) is 6. The predicted molar refractivity (Wildman–Crippen MR) is 361 cm³/mol. The Morgan fingerprint density at radius 1 is 0.253 bits per heavy atom. The van der Waals surface area contributed by atoms with E-state index in [1.807, 2.05) is 6.08 Å². The lowest BCUT2D eigenvalue weighted by molar-refractivity contribution is -0.166. The van der Waals surface area contributed by atoms with Gasteiger partial charge in [0.25, 0.3) is 0 Å². The van der Waals surface area contributed by atoms with Gasteiger partial charge in [-0.05, 0) is 154 Å². The Hall–Kier alpha value is -6.27. The molecule has 0 radical (unpaired) electrons. The predicted octanol–water partition coefficient (Wildman–Crippen LogP) is 22.5. The quantitative estimate of drug-likeness (QED) is 0.0261. The molecule has 0 aliphatic rings. The molecule has 6 nitrogen and oxygen atoms in total. The first-order chi connectivity index (χ1) is 41.0. The molecule has 6 heteroatoms. The van der Waals surface area contributed by atoms with Gasteiger partial charge in [-0.3, -0.25) is 14.4 Å². The van der Waals surface area contributed by atoms with Crippen molar-refractivity contribution in [1.29, 1.82) is 0 Å². The smallest absolute Gasteiger partial charge is 0.309 e. The summed E-state index contributed by atoms with van der Waals surface area (Å²) in [5, 5.41) is 0. The topological polar surface area (TPSA) is 78.9 Å². The molecule has 83 heavy (non-hydrogen) atoms. The molecule has 0 aliphatic carbocycles. The van der Waals surface area contributed by atoms with E-state index < -0.39 is 12.1 Å². The van der Waals surface area contributed by atoms with Gasteiger partial charge in [0.1, 0.15) is 13.2 Å². The molecule has 0 aromatic heterocycles. The van der Waals surface area contributed by atoms with E-state index in [9.17, 15) is 14.4 Å². The van der Waals surface area contributed by atoms with E-state index in [1.165, 1.54) is 12.8 Å². The fourth-order valence-electron chi connectivity index (χ4n) is 7.79. The van der Waals surface area contributed by atoms with Crippen molar-refractivity contribution in [2.24, 2.45) is 0 Å². The van der Waals surface area contributed by atoms with Gasteiger partial charge in [0.15, 0.2) is 6.10 Å². The van der Waals surface area contributed by atoms with E-state index in [2.05, 4.69) is 227 Å². The Labute approximate surface area is 508 Å². The number of carbonyl (C=O) groups is 3. The van der Waals surface area contributed by atoms with Crippen LogP contribution in [0.1, 0.15) is 226 Å². The Morgan fingerprint density at radius 3 is 0.795 bits per heavy atom. The number of ether oxygens (including phenoxy) is 3. The van der Waals surface area contributed by atoms with Crippen molar-refractivity contribution in [2.45, 2.75) is 232 Å². The Balaban J connectivity index is 4.55. The normalized spacial score (nSPS) is 13.6. The molecule has 0 amide bonds. The summed E-state index contributed by atoms with van der Waals surface area (Å²) in [5.41, 5.74) is 0. The second-order valence-electron chi connectivity index (χ2n) is 20.2. The summed E-state index contributed by atoms with van der Waals surface area (Å²) in [7, 11) is 0. The van der Waals surface area contributed by atoms with Crippen LogP contribution in [0, 0.1) is 0 Å². The average molecular weight is 1140 g/mol. The van der Waals surface area contributed by atoms with Crippen molar-refractivity contribution < 1.29 is 28.6 Å². The molecule has 0 bridgehead atoms. The van der Waals surface area contributed by atoms with E-state index >= 15 is 0 Å². The minimum absolute atomic E-state index is 0.105. The minimum atomic E-state index is -0.856. The third kappa shape index (κ3) is 66.4. The minimum Gasteiger partial charge on any atom is -0.462 e. The number of hydrogen-bond donors (Lipinski definition) is 0. The molecule has 1 unspecified atom stereocenters. The molecular formula is C77H114O6.